The molecule has 0 N–H and O–H groups in total. The minimum Gasteiger partial charge on any atom is -0.460 e. The third-order valence-corrected chi connectivity index (χ3v) is 13.5. The first-order chi connectivity index (χ1) is 29.5. The number of hydrogen-bond acceptors (Lipinski definition) is 4. The van der Waals surface area contributed by atoms with Crippen LogP contribution in [0.2, 0.25) is 0 Å². The van der Waals surface area contributed by atoms with Crippen LogP contribution in [0.15, 0.2) is 161 Å². The van der Waals surface area contributed by atoms with Gasteiger partial charge >= 0.3 is 0 Å². The molecule has 3 aliphatic rings. The number of fused-ring (bicyclic) bond motifs is 15. The summed E-state index contributed by atoms with van der Waals surface area (Å²) in [7, 11) is 0. The molecule has 3 aliphatic carbocycles. The topological polar surface area (TPSA) is 42.4 Å². The summed E-state index contributed by atoms with van der Waals surface area (Å²) >= 11 is 0. The molecule has 0 amide bonds. The molecule has 0 spiro atoms. The first-order valence-electron chi connectivity index (χ1n) is 21.2. The predicted octanol–water partition coefficient (Wildman–Crippen LogP) is 15.7. The van der Waals surface area contributed by atoms with Crippen LogP contribution in [0.5, 0.6) is 0 Å². The van der Waals surface area contributed by atoms with E-state index < -0.39 is 0 Å². The van der Waals surface area contributed by atoms with Crippen LogP contribution in [0.25, 0.3) is 87.9 Å². The highest BCUT2D eigenvalue weighted by Gasteiger charge is 2.36. The van der Waals surface area contributed by atoms with Gasteiger partial charge in [-0.2, -0.15) is 0 Å². The van der Waals surface area contributed by atoms with Crippen molar-refractivity contribution >= 4 is 93.9 Å². The van der Waals surface area contributed by atoms with E-state index in [2.05, 4.69) is 177 Å². The summed E-state index contributed by atoms with van der Waals surface area (Å²) in [5.41, 5.74) is 13.6. The second kappa shape index (κ2) is 12.4. The van der Waals surface area contributed by atoms with Gasteiger partial charge < -0.3 is 13.7 Å². The molecule has 0 aliphatic heterocycles. The van der Waals surface area contributed by atoms with E-state index in [4.69, 9.17) is 13.8 Å². The smallest absolute Gasteiger partial charge is 0.227 e. The van der Waals surface area contributed by atoms with Crippen molar-refractivity contribution in [1.29, 1.82) is 0 Å². The monoisotopic (exact) mass is 772 g/mol. The number of anilines is 3. The van der Waals surface area contributed by atoms with Crippen molar-refractivity contribution in [2.24, 2.45) is 0 Å². The zero-order chi connectivity index (χ0) is 39.7. The Balaban J connectivity index is 1.04. The average Bonchev–Trinajstić information content (AvgIpc) is 3.97. The van der Waals surface area contributed by atoms with Gasteiger partial charge in [0.05, 0.1) is 5.69 Å². The van der Waals surface area contributed by atoms with E-state index in [9.17, 15) is 0 Å². The third kappa shape index (κ3) is 4.76. The Kier molecular flexibility index (Phi) is 6.99. The fraction of sp³-hybridized carbons (Fsp3) is 0.125. The summed E-state index contributed by atoms with van der Waals surface area (Å²) in [4.78, 5) is 7.34. The van der Waals surface area contributed by atoms with Gasteiger partial charge in [-0.05, 0) is 122 Å². The highest BCUT2D eigenvalue weighted by atomic mass is 16.3. The molecular weight excluding hydrogens is 733 g/mol. The fourth-order valence-corrected chi connectivity index (χ4v) is 10.6. The molecule has 0 saturated heterocycles. The van der Waals surface area contributed by atoms with Crippen LogP contribution in [0, 0.1) is 0 Å². The van der Waals surface area contributed by atoms with Crippen LogP contribution in [-0.4, -0.2) is 4.98 Å². The molecular formula is C56H40N2O2. The van der Waals surface area contributed by atoms with Crippen molar-refractivity contribution in [3.05, 3.63) is 180 Å². The second-order valence-electron chi connectivity index (χ2n) is 17.2. The van der Waals surface area contributed by atoms with Crippen molar-refractivity contribution in [2.45, 2.75) is 44.9 Å². The predicted molar refractivity (Wildman–Crippen MR) is 250 cm³/mol. The quantitative estimate of drug-likeness (QED) is 0.167. The van der Waals surface area contributed by atoms with Crippen molar-refractivity contribution < 1.29 is 8.83 Å². The first kappa shape index (κ1) is 33.8. The maximum atomic E-state index is 6.49. The summed E-state index contributed by atoms with van der Waals surface area (Å²) in [6, 6.07) is 47.5. The lowest BCUT2D eigenvalue weighted by atomic mass is 9.82. The SMILES string of the molecule is CC1(C)c2ccccc2-c2c1ccc1ccc3c(N(c4ccc5c(ccc6c5ccc5nc(C7=CCCC=C7)oc56)c4)c4ccc5oc6c(c5c4)C=CCC6)cccc3c21. The fourth-order valence-electron chi connectivity index (χ4n) is 10.6. The Morgan fingerprint density at radius 3 is 2.35 bits per heavy atom. The molecule has 0 atom stereocenters. The molecule has 8 aromatic carbocycles. The lowest BCUT2D eigenvalue weighted by molar-refractivity contribution is 0.546. The molecule has 0 fully saturated rings. The Morgan fingerprint density at radius 1 is 0.600 bits per heavy atom. The van der Waals surface area contributed by atoms with Crippen LogP contribution in [-0.2, 0) is 11.8 Å². The average molecular weight is 773 g/mol. The number of oxazole rings is 1. The summed E-state index contributed by atoms with van der Waals surface area (Å²) in [5, 5.41) is 10.8. The number of nitrogens with zero attached hydrogens (tertiary/aromatic N) is 2. The van der Waals surface area contributed by atoms with Crippen LogP contribution in [0.4, 0.5) is 17.1 Å². The Labute approximate surface area is 347 Å². The van der Waals surface area contributed by atoms with E-state index in [0.717, 1.165) is 92.3 Å². The lowest BCUT2D eigenvalue weighted by Crippen LogP contribution is -2.14. The third-order valence-electron chi connectivity index (χ3n) is 13.5. The normalized spacial score (nSPS) is 15.3. The zero-order valence-corrected chi connectivity index (χ0v) is 33.6. The standard InChI is InChI=1S/C56H40N2O2/c1-56(2)46-16-8-6-14-44(46)53-47(56)28-21-33-19-24-40-42(52(33)53)15-10-17-49(40)58(37-23-30-51-45(32-37)41-13-7-9-18-50(41)59-51)36-22-26-38-35(31-36)20-25-43-39(38)27-29-48-54(43)60-55(57-48)34-11-4-3-5-12-34/h4,6-8,10-17,19-32H,3,5,9,18H2,1-2H3. The summed E-state index contributed by atoms with van der Waals surface area (Å²) < 4.78 is 12.9. The first-order valence-corrected chi connectivity index (χ1v) is 21.2. The minimum absolute atomic E-state index is 0.0827. The molecule has 60 heavy (non-hydrogen) atoms. The summed E-state index contributed by atoms with van der Waals surface area (Å²) in [6.45, 7) is 4.73. The molecule has 0 unspecified atom stereocenters. The Bertz CT molecular complexity index is 3590. The van der Waals surface area contributed by atoms with Crippen molar-refractivity contribution in [1.82, 2.24) is 4.98 Å². The number of aryl methyl sites for hydroxylation is 1. The molecule has 0 saturated carbocycles. The van der Waals surface area contributed by atoms with E-state index >= 15 is 0 Å². The number of furan rings is 1. The van der Waals surface area contributed by atoms with Gasteiger partial charge in [0, 0.05) is 50.5 Å². The van der Waals surface area contributed by atoms with Gasteiger partial charge in [0.25, 0.3) is 0 Å². The van der Waals surface area contributed by atoms with Gasteiger partial charge in [-0.25, -0.2) is 4.98 Å². The summed E-state index contributed by atoms with van der Waals surface area (Å²) in [5.74, 6) is 1.76. The molecule has 4 nitrogen and oxygen atoms in total. The number of benzene rings is 8. The van der Waals surface area contributed by atoms with Gasteiger partial charge in [0.2, 0.25) is 5.89 Å². The van der Waals surface area contributed by atoms with Crippen LogP contribution < -0.4 is 4.90 Å². The van der Waals surface area contributed by atoms with Crippen molar-refractivity contribution in [3.63, 3.8) is 0 Å². The molecule has 4 heteroatoms. The highest BCUT2D eigenvalue weighted by Crippen LogP contribution is 2.53. The molecule has 286 valence electrons. The maximum Gasteiger partial charge on any atom is 0.227 e. The Hall–Kier alpha value is -7.17. The van der Waals surface area contributed by atoms with E-state index in [1.165, 1.54) is 54.7 Å². The van der Waals surface area contributed by atoms with E-state index in [-0.39, 0.29) is 5.41 Å². The second-order valence-corrected chi connectivity index (χ2v) is 17.2. The minimum atomic E-state index is -0.0827. The molecule has 0 radical (unpaired) electrons. The Morgan fingerprint density at radius 2 is 1.42 bits per heavy atom. The van der Waals surface area contributed by atoms with Gasteiger partial charge in [-0.3, -0.25) is 0 Å². The lowest BCUT2D eigenvalue weighted by Gasteiger charge is -2.28. The molecule has 0 bridgehead atoms. The van der Waals surface area contributed by atoms with E-state index in [0.29, 0.717) is 5.89 Å². The van der Waals surface area contributed by atoms with Gasteiger partial charge in [-0.15, -0.1) is 0 Å². The number of rotatable bonds is 4. The number of hydrogen-bond donors (Lipinski definition) is 0. The largest absolute Gasteiger partial charge is 0.460 e. The van der Waals surface area contributed by atoms with Gasteiger partial charge in [-0.1, -0.05) is 123 Å². The summed E-state index contributed by atoms with van der Waals surface area (Å²) in [6.07, 6.45) is 15.0. The van der Waals surface area contributed by atoms with Crippen molar-refractivity contribution in [3.8, 4) is 11.1 Å². The van der Waals surface area contributed by atoms with Crippen LogP contribution in [0.1, 0.15) is 61.5 Å². The van der Waals surface area contributed by atoms with Gasteiger partial charge in [0.1, 0.15) is 16.9 Å². The molecule has 2 heterocycles. The highest BCUT2D eigenvalue weighted by molar-refractivity contribution is 6.20. The van der Waals surface area contributed by atoms with Crippen LogP contribution in [0.3, 0.4) is 0 Å². The van der Waals surface area contributed by atoms with Gasteiger partial charge in [0.15, 0.2) is 5.58 Å². The van der Waals surface area contributed by atoms with Crippen LogP contribution >= 0.6 is 0 Å². The van der Waals surface area contributed by atoms with E-state index in [1.54, 1.807) is 0 Å². The molecule has 10 aromatic rings. The molecule has 2 aromatic heterocycles. The maximum absolute atomic E-state index is 6.49. The number of allylic oxidation sites excluding steroid dienone is 5. The zero-order valence-electron chi connectivity index (χ0n) is 33.6. The van der Waals surface area contributed by atoms with Crippen molar-refractivity contribution in [2.75, 3.05) is 4.90 Å². The molecule has 13 rings (SSSR count). The van der Waals surface area contributed by atoms with E-state index in [1.807, 2.05) is 0 Å². The number of aromatic nitrogens is 1.